The van der Waals surface area contributed by atoms with Crippen LogP contribution < -0.4 is 52.5 Å². The quantitative estimate of drug-likeness (QED) is 0.00412. The second-order valence-electron chi connectivity index (χ2n) is 21.2. The van der Waals surface area contributed by atoms with Gasteiger partial charge in [-0.15, -0.1) is 0 Å². The topological polar surface area (TPSA) is 679 Å². The number of halogens is 8. The second kappa shape index (κ2) is 63.5. The number of hydrazine groups is 2. The number of aromatic amines is 3. The number of hydrogen-bond donors (Lipinski definition) is 11. The van der Waals surface area contributed by atoms with Gasteiger partial charge in [-0.25, -0.2) is 29.8 Å². The standard InChI is InChI=1S/C12H11ClN4O4.C10H7ClN4O4.C9H18O.C7H3Cl2NO3.C7H6ClN3O3.C7H4ClNO4.C7H13NO3.C3H4N2.2CH4.B.Cl2OS.H4N2.Na.H2O.H2/c1-2-21-11(18)6-10-14-12(16-15-10)7-3-4-8(13)9(5-7)17(19)20;11-6-2-1-5(3-7(6)15(18)19)10-12-8(13-14-10)4-9(16)17;1-6-4-7(2)9(10)8(3)5-6;8-5-2-1-4(7(9)11)3-6(5)10(12)13;8-5-2-1-4(7(12)10-9)3-6(5)11(13)14;8-5-2-1-4(7(10)11)3-6(5)9(12)13;1-3-10-6(8)5-7(9)11-4-2;1-2-5-3-4-1;;;;1-4(2)3;1-2;;;/h3-5H,2,6H2,1H3,(H,14,15,16);1-3H,4H2,(H,16,17)(H,12,13,14);6-10H,4-5H2,1-3H3;1-3H;1-3H,9H2,(H,10,12);1-3H,(H,10,11);8H,3-5H2,1-2H3;1-3H,(H,4,5);2*1H4;;;1-2H2;;1H2;1H/q;;;;;;;;;;;;;+1;;/p-1/i;;;;;;;;;;;;;;;1+1. The molecule has 42 nitrogen and oxygen atoms in total. The molecule has 9 rings (SSSR count). The van der Waals surface area contributed by atoms with Crippen molar-refractivity contribution in [1.29, 1.82) is 5.41 Å². The molecule has 3 aromatic heterocycles. The average molecular weight is 1840 g/mol. The summed E-state index contributed by atoms with van der Waals surface area (Å²) in [5.74, 6) is 11.9. The van der Waals surface area contributed by atoms with Crippen LogP contribution in [0.3, 0.4) is 0 Å². The van der Waals surface area contributed by atoms with Gasteiger partial charge in [0.05, 0.1) is 62.4 Å². The Kier molecular flexibility index (Phi) is 64.2. The van der Waals surface area contributed by atoms with Crippen molar-refractivity contribution in [2.24, 2.45) is 35.3 Å². The molecule has 0 bridgehead atoms. The van der Waals surface area contributed by atoms with E-state index in [0.29, 0.717) is 42.0 Å². The number of carbonyl (C=O) groups excluding carboxylic acids is 4. The summed E-state index contributed by atoms with van der Waals surface area (Å²) in [5.41, 5.74) is 1.11. The maximum atomic E-state index is 11.3. The molecule has 2 atom stereocenters. The summed E-state index contributed by atoms with van der Waals surface area (Å²) in [5, 5.41) is 98.4. The fraction of sp³-hybridized carbons (Fsp3) is 0.312. The van der Waals surface area contributed by atoms with E-state index in [1.807, 2.05) is 5.43 Å². The van der Waals surface area contributed by atoms with Crippen LogP contribution in [0, 0.1) is 73.7 Å². The first kappa shape index (κ1) is 118. The Morgan fingerprint density at radius 3 is 1.27 bits per heavy atom. The summed E-state index contributed by atoms with van der Waals surface area (Å²) in [6.45, 7) is 12.8. The average Bonchev–Trinajstić information content (AvgIpc) is 1.62. The third-order valence-electron chi connectivity index (χ3n) is 13.1. The predicted molar refractivity (Wildman–Crippen MR) is 435 cm³/mol. The predicted octanol–water partition coefficient (Wildman–Crippen LogP) is 10.5. The third-order valence-corrected chi connectivity index (χ3v) is 15.0. The van der Waals surface area contributed by atoms with Gasteiger partial charge in [-0.05, 0) is 124 Å². The van der Waals surface area contributed by atoms with E-state index >= 15 is 0 Å². The molecule has 1 aliphatic rings. The minimum Gasteiger partial charge on any atom is -0.870 e. The number of aromatic carboxylic acids is 1. The molecule has 1 saturated carbocycles. The van der Waals surface area contributed by atoms with E-state index in [1.54, 1.807) is 45.6 Å². The summed E-state index contributed by atoms with van der Waals surface area (Å²) in [6.07, 6.45) is 7.02. The summed E-state index contributed by atoms with van der Waals surface area (Å²) in [6, 6.07) is 19.0. The second-order valence-corrected chi connectivity index (χ2v) is 26.1. The minimum absolute atomic E-state index is 0. The van der Waals surface area contributed by atoms with Gasteiger partial charge in [0, 0.05) is 96.2 Å². The van der Waals surface area contributed by atoms with E-state index in [-0.39, 0.29) is 180 Å². The molecular weight excluding hydrogens is 1750 g/mol. The number of esters is 2. The van der Waals surface area contributed by atoms with Gasteiger partial charge >= 0.3 is 53.4 Å². The number of aliphatic hydroxyl groups excluding tert-OH is 1. The van der Waals surface area contributed by atoms with Crippen molar-refractivity contribution in [3.05, 3.63) is 214 Å². The maximum absolute atomic E-state index is 11.3. The summed E-state index contributed by atoms with van der Waals surface area (Å²) < 4.78 is 23.2. The van der Waals surface area contributed by atoms with Gasteiger partial charge in [-0.1, -0.05) is 93.6 Å². The van der Waals surface area contributed by atoms with E-state index < -0.39 is 74.6 Å². The number of imidazole rings is 1. The van der Waals surface area contributed by atoms with Gasteiger partial charge in [-0.2, -0.15) is 10.2 Å². The van der Waals surface area contributed by atoms with Crippen LogP contribution in [-0.2, 0) is 50.7 Å². The molecule has 2 unspecified atom stereocenters. The van der Waals surface area contributed by atoms with Crippen molar-refractivity contribution < 1.29 is 124 Å². The van der Waals surface area contributed by atoms with Crippen LogP contribution in [0.4, 0.5) is 28.4 Å². The molecule has 5 aromatic carbocycles. The number of aliphatic carboxylic acids is 1. The van der Waals surface area contributed by atoms with Crippen molar-refractivity contribution in [3.63, 3.8) is 0 Å². The monoisotopic (exact) mass is 1830 g/mol. The number of carbonyl (C=O) groups is 6. The number of nitro groups is 5. The van der Waals surface area contributed by atoms with Crippen LogP contribution in [0.5, 0.6) is 0 Å². The van der Waals surface area contributed by atoms with Gasteiger partial charge in [0.2, 0.25) is 9.23 Å². The van der Waals surface area contributed by atoms with Crippen LogP contribution in [0.1, 0.15) is 120 Å². The van der Waals surface area contributed by atoms with E-state index in [4.69, 9.17) is 105 Å². The number of nitro benzene ring substituents is 5. The number of amides is 1. The van der Waals surface area contributed by atoms with Crippen LogP contribution in [0.2, 0.25) is 25.1 Å². The van der Waals surface area contributed by atoms with Crippen LogP contribution in [0.15, 0.2) is 110 Å². The van der Waals surface area contributed by atoms with E-state index in [1.165, 1.54) is 79.6 Å². The molecule has 0 aliphatic heterocycles. The molecule has 15 N–H and O–H groups in total. The first-order valence-corrected chi connectivity index (χ1v) is 36.1. The maximum Gasteiger partial charge on any atom is 1.00 e. The largest absolute Gasteiger partial charge is 1.00 e. The SMILES string of the molecule is C.C.CC1CC(C)C(O)C(C)C1.CCOC(=N)CC(=O)OCC.CCOC(=O)Cc1nc(-c2ccc(Cl)c([N+](=O)[O-])c2)n[nH]1.NN.NNC(=O)c1ccc(Cl)c([N+](=O)[O-])c1.O=C(Cl)c1ccc(Cl)c([N+](=O)[O-])c1.O=C(O)Cc1nc(-c2ccc(Cl)c([N+](=O)[O-])c2)n[nH]1.O=C(O)c1ccc(Cl)c([N+](=O)[O-])c1.O=S(Cl)Cl.[2HH].[B].[Na+].[OH-].c1c[nH]cn1. The van der Waals surface area contributed by atoms with Gasteiger partial charge in [0.25, 0.3) is 39.6 Å². The van der Waals surface area contributed by atoms with Gasteiger partial charge < -0.3 is 40.0 Å². The number of carboxylic acids is 2. The van der Waals surface area contributed by atoms with E-state index in [9.17, 15) is 84.4 Å². The molecule has 1 aliphatic carbocycles. The molecule has 637 valence electrons. The first-order chi connectivity index (χ1) is 52.6. The molecule has 1 fully saturated rings. The Morgan fingerprint density at radius 2 is 0.949 bits per heavy atom. The van der Waals surface area contributed by atoms with E-state index in [2.05, 4.69) is 98.9 Å². The smallest absolute Gasteiger partial charge is 0.870 e. The molecule has 3 heterocycles. The molecule has 3 radical (unpaired) electrons. The summed E-state index contributed by atoms with van der Waals surface area (Å²) in [4.78, 5) is 128. The molecule has 1 amide bonds. The van der Waals surface area contributed by atoms with Crippen LogP contribution in [-0.4, -0.2) is 165 Å². The Balaban J connectivity index is -0.000000239. The van der Waals surface area contributed by atoms with Crippen LogP contribution in [0.25, 0.3) is 22.8 Å². The number of H-pyrrole nitrogens is 3. The number of aliphatic hydroxyl groups is 1. The fourth-order valence-corrected chi connectivity index (χ4v) is 9.56. The minimum atomic E-state index is -1.67. The number of ether oxygens (including phenoxy) is 3. The molecule has 117 heavy (non-hydrogen) atoms. The number of carboxylic acid groups (broad SMARTS) is 2. The Labute approximate surface area is 733 Å². The Morgan fingerprint density at radius 1 is 0.607 bits per heavy atom. The van der Waals surface area contributed by atoms with Crippen LogP contribution >= 0.6 is 91.0 Å². The summed E-state index contributed by atoms with van der Waals surface area (Å²) in [7, 11) is 7.36. The van der Waals surface area contributed by atoms with Gasteiger partial charge in [0.15, 0.2) is 17.5 Å². The number of rotatable bonds is 19. The Hall–Kier alpha value is -9.59. The molecule has 53 heteroatoms. The zero-order valence-electron chi connectivity index (χ0n) is 61.0. The normalized spacial score (nSPS) is 12.6. The zero-order chi connectivity index (χ0) is 85.7. The van der Waals surface area contributed by atoms with Crippen molar-refractivity contribution in [2.45, 2.75) is 94.6 Å². The molecule has 0 saturated heterocycles. The number of aromatic nitrogens is 8. The molecule has 8 aromatic rings. The van der Waals surface area contributed by atoms with Crippen molar-refractivity contribution >= 4 is 178 Å². The number of nitrogens with two attached hydrogens (primary N) is 3. The van der Waals surface area contributed by atoms with E-state index in [0.717, 1.165) is 24.1 Å². The van der Waals surface area contributed by atoms with Gasteiger partial charge in [-0.3, -0.25) is 107 Å². The number of nitrogen functional groups attached to an aromatic ring is 1. The van der Waals surface area contributed by atoms with Crippen molar-refractivity contribution in [3.8, 4) is 22.8 Å². The van der Waals surface area contributed by atoms with Crippen molar-refractivity contribution in [1.82, 2.24) is 45.8 Å². The molecular formula is C64H81BCl8N18NaO24S. The Bertz CT molecular complexity index is 4400. The molecule has 0 spiro atoms. The van der Waals surface area contributed by atoms with Crippen molar-refractivity contribution in [2.75, 3.05) is 19.8 Å². The number of nitrogens with zero attached hydrogens (tertiary/aromatic N) is 10. The number of nitrogens with one attached hydrogen (secondary N) is 5. The summed E-state index contributed by atoms with van der Waals surface area (Å²) >= 11 is 33.0. The van der Waals surface area contributed by atoms with Gasteiger partial charge in [0.1, 0.15) is 56.0 Å². The third kappa shape index (κ3) is 46.8. The number of hydrogen-bond acceptors (Lipinski definition) is 31. The number of benzene rings is 5. The zero-order valence-corrected chi connectivity index (χ0v) is 69.9. The fourth-order valence-electron chi connectivity index (χ4n) is 8.51. The first-order valence-electron chi connectivity index (χ1n) is 31.0.